The molecule has 1 heterocycles. The van der Waals surface area contributed by atoms with Gasteiger partial charge >= 0.3 is 0 Å². The molecule has 80 valence electrons. The predicted octanol–water partition coefficient (Wildman–Crippen LogP) is 0.837. The maximum atomic E-state index is 12.5. The number of alkyl halides is 2. The summed E-state index contributed by atoms with van der Waals surface area (Å²) in [6.45, 7) is -0.131. The Morgan fingerprint density at radius 1 is 1.60 bits per heavy atom. The van der Waals surface area contributed by atoms with Crippen molar-refractivity contribution in [3.63, 3.8) is 0 Å². The van der Waals surface area contributed by atoms with E-state index in [1.165, 1.54) is 0 Å². The minimum Gasteiger partial charge on any atom is -0.326 e. The van der Waals surface area contributed by atoms with Gasteiger partial charge in [-0.05, 0) is 11.1 Å². The maximum absolute atomic E-state index is 12.5. The number of nitrogens with two attached hydrogens (primary N) is 1. The van der Waals surface area contributed by atoms with Crippen LogP contribution in [0.1, 0.15) is 23.2 Å². The highest BCUT2D eigenvalue weighted by Crippen LogP contribution is 2.21. The monoisotopic (exact) mass is 213 g/mol. The van der Waals surface area contributed by atoms with Crippen molar-refractivity contribution in [3.05, 3.63) is 33.2 Å². The molecule has 0 saturated carbocycles. The minimum absolute atomic E-state index is 0.101. The molecule has 15 heavy (non-hydrogen) atoms. The standard InChI is InChI=1S/C9H9F2N3O/c10-9(11)8-6(4-13)5(1-2-12)3-7(15)14-8/h3,9H,1,4,13H2,(H,14,15). The van der Waals surface area contributed by atoms with Crippen LogP contribution in [-0.4, -0.2) is 4.98 Å². The van der Waals surface area contributed by atoms with E-state index in [0.29, 0.717) is 0 Å². The highest BCUT2D eigenvalue weighted by atomic mass is 19.3. The summed E-state index contributed by atoms with van der Waals surface area (Å²) in [6, 6.07) is 2.92. The number of nitriles is 1. The molecule has 0 spiro atoms. The van der Waals surface area contributed by atoms with Crippen molar-refractivity contribution in [1.29, 1.82) is 5.26 Å². The van der Waals surface area contributed by atoms with E-state index in [0.717, 1.165) is 6.07 Å². The van der Waals surface area contributed by atoms with Gasteiger partial charge in [-0.25, -0.2) is 8.78 Å². The average Bonchev–Trinajstić information content (AvgIpc) is 2.17. The van der Waals surface area contributed by atoms with Crippen LogP contribution in [0.3, 0.4) is 0 Å². The van der Waals surface area contributed by atoms with Gasteiger partial charge in [0, 0.05) is 12.6 Å². The summed E-state index contributed by atoms with van der Waals surface area (Å²) in [5, 5.41) is 8.47. The lowest BCUT2D eigenvalue weighted by molar-refractivity contribution is 0.144. The van der Waals surface area contributed by atoms with E-state index in [1.807, 2.05) is 4.98 Å². The smallest absolute Gasteiger partial charge is 0.278 e. The van der Waals surface area contributed by atoms with Crippen molar-refractivity contribution in [3.8, 4) is 6.07 Å². The predicted molar refractivity (Wildman–Crippen MR) is 49.2 cm³/mol. The van der Waals surface area contributed by atoms with E-state index in [1.54, 1.807) is 6.07 Å². The fourth-order valence-electron chi connectivity index (χ4n) is 1.33. The molecule has 0 radical (unpaired) electrons. The van der Waals surface area contributed by atoms with Crippen LogP contribution in [-0.2, 0) is 13.0 Å². The molecule has 1 aromatic heterocycles. The second kappa shape index (κ2) is 4.66. The Bertz CT molecular complexity index is 448. The highest BCUT2D eigenvalue weighted by Gasteiger charge is 2.16. The molecule has 3 N–H and O–H groups in total. The van der Waals surface area contributed by atoms with E-state index >= 15 is 0 Å². The highest BCUT2D eigenvalue weighted by molar-refractivity contribution is 5.32. The molecule has 6 heteroatoms. The molecule has 1 aromatic rings. The molecule has 0 aromatic carbocycles. The number of rotatable bonds is 3. The molecular formula is C9H9F2N3O. The number of H-pyrrole nitrogens is 1. The lowest BCUT2D eigenvalue weighted by Gasteiger charge is -2.09. The zero-order chi connectivity index (χ0) is 11.4. The van der Waals surface area contributed by atoms with Crippen LogP contribution in [0.5, 0.6) is 0 Å². The third kappa shape index (κ3) is 2.39. The molecule has 0 amide bonds. The molecule has 0 aliphatic carbocycles. The number of hydrogen-bond acceptors (Lipinski definition) is 3. The number of nitrogens with one attached hydrogen (secondary N) is 1. The topological polar surface area (TPSA) is 82.7 Å². The normalized spacial score (nSPS) is 10.3. The Morgan fingerprint density at radius 2 is 2.27 bits per heavy atom. The Balaban J connectivity index is 3.39. The number of pyridine rings is 1. The third-order valence-electron chi connectivity index (χ3n) is 1.97. The molecule has 0 aliphatic rings. The molecule has 0 bridgehead atoms. The molecule has 0 fully saturated rings. The second-order valence-corrected chi connectivity index (χ2v) is 2.89. The van der Waals surface area contributed by atoms with Crippen LogP contribution in [0.25, 0.3) is 0 Å². The van der Waals surface area contributed by atoms with Crippen molar-refractivity contribution >= 4 is 0 Å². The first-order valence-electron chi connectivity index (χ1n) is 4.20. The van der Waals surface area contributed by atoms with Crippen LogP contribution in [0, 0.1) is 11.3 Å². The quantitative estimate of drug-likeness (QED) is 0.780. The van der Waals surface area contributed by atoms with Crippen molar-refractivity contribution in [2.75, 3.05) is 0 Å². The van der Waals surface area contributed by atoms with E-state index in [2.05, 4.69) is 0 Å². The van der Waals surface area contributed by atoms with Gasteiger partial charge in [-0.3, -0.25) is 4.79 Å². The number of aromatic nitrogens is 1. The van der Waals surface area contributed by atoms with Crippen LogP contribution < -0.4 is 11.3 Å². The summed E-state index contributed by atoms with van der Waals surface area (Å²) in [7, 11) is 0. The largest absolute Gasteiger partial charge is 0.326 e. The Labute approximate surface area is 84.3 Å². The summed E-state index contributed by atoms with van der Waals surface area (Å²) < 4.78 is 25.0. The SMILES string of the molecule is N#CCc1cc(=O)[nH]c(C(F)F)c1CN. The first-order valence-corrected chi connectivity index (χ1v) is 4.20. The van der Waals surface area contributed by atoms with E-state index in [9.17, 15) is 13.6 Å². The fraction of sp³-hybridized carbons (Fsp3) is 0.333. The lowest BCUT2D eigenvalue weighted by atomic mass is 10.0. The van der Waals surface area contributed by atoms with Gasteiger partial charge in [-0.2, -0.15) is 5.26 Å². The zero-order valence-corrected chi connectivity index (χ0v) is 7.76. The second-order valence-electron chi connectivity index (χ2n) is 2.89. The van der Waals surface area contributed by atoms with Crippen LogP contribution >= 0.6 is 0 Å². The number of aromatic amines is 1. The third-order valence-corrected chi connectivity index (χ3v) is 1.97. The Hall–Kier alpha value is -1.74. The van der Waals surface area contributed by atoms with Gasteiger partial charge < -0.3 is 10.7 Å². The van der Waals surface area contributed by atoms with Crippen LogP contribution in [0.4, 0.5) is 8.78 Å². The summed E-state index contributed by atoms with van der Waals surface area (Å²) in [4.78, 5) is 13.0. The van der Waals surface area contributed by atoms with Gasteiger partial charge in [-0.1, -0.05) is 0 Å². The van der Waals surface area contributed by atoms with Crippen molar-refractivity contribution in [1.82, 2.24) is 4.98 Å². The fourth-order valence-corrected chi connectivity index (χ4v) is 1.33. The summed E-state index contributed by atoms with van der Waals surface area (Å²) >= 11 is 0. The molecule has 0 unspecified atom stereocenters. The maximum Gasteiger partial charge on any atom is 0.278 e. The van der Waals surface area contributed by atoms with Gasteiger partial charge in [0.15, 0.2) is 0 Å². The van der Waals surface area contributed by atoms with Gasteiger partial charge in [-0.15, -0.1) is 0 Å². The number of nitrogens with zero attached hydrogens (tertiary/aromatic N) is 1. The zero-order valence-electron chi connectivity index (χ0n) is 7.76. The average molecular weight is 213 g/mol. The van der Waals surface area contributed by atoms with Gasteiger partial charge in [0.25, 0.3) is 6.43 Å². The first kappa shape index (κ1) is 11.3. The van der Waals surface area contributed by atoms with Crippen molar-refractivity contribution in [2.24, 2.45) is 5.73 Å². The Morgan fingerprint density at radius 3 is 2.73 bits per heavy atom. The van der Waals surface area contributed by atoms with Gasteiger partial charge in [0.05, 0.1) is 18.2 Å². The van der Waals surface area contributed by atoms with Gasteiger partial charge in [0.2, 0.25) is 5.56 Å². The van der Waals surface area contributed by atoms with E-state index in [4.69, 9.17) is 11.0 Å². The van der Waals surface area contributed by atoms with E-state index in [-0.39, 0.29) is 24.1 Å². The first-order chi connectivity index (χ1) is 7.10. The number of halogens is 2. The van der Waals surface area contributed by atoms with Gasteiger partial charge in [0.1, 0.15) is 0 Å². The summed E-state index contributed by atoms with van der Waals surface area (Å²) in [5.74, 6) is 0. The minimum atomic E-state index is -2.80. The van der Waals surface area contributed by atoms with E-state index < -0.39 is 17.7 Å². The molecule has 1 rings (SSSR count). The molecule has 0 atom stereocenters. The number of hydrogen-bond donors (Lipinski definition) is 2. The van der Waals surface area contributed by atoms with Crippen LogP contribution in [0.15, 0.2) is 10.9 Å². The van der Waals surface area contributed by atoms with Crippen molar-refractivity contribution < 1.29 is 8.78 Å². The van der Waals surface area contributed by atoms with Crippen LogP contribution in [0.2, 0.25) is 0 Å². The molecule has 4 nitrogen and oxygen atoms in total. The lowest BCUT2D eigenvalue weighted by Crippen LogP contribution is -2.16. The Kier molecular flexibility index (Phi) is 3.52. The summed E-state index contributed by atoms with van der Waals surface area (Å²) in [5.41, 5.74) is 4.58. The van der Waals surface area contributed by atoms with Crippen molar-refractivity contribution in [2.45, 2.75) is 19.4 Å². The summed E-state index contributed by atoms with van der Waals surface area (Å²) in [6.07, 6.45) is -2.90. The molecule has 0 aliphatic heterocycles. The molecular weight excluding hydrogens is 204 g/mol. The molecule has 0 saturated heterocycles.